The number of hydrogen-bond acceptors (Lipinski definition) is 1. The fourth-order valence-corrected chi connectivity index (χ4v) is 2.35. The lowest BCUT2D eigenvalue weighted by molar-refractivity contribution is -0.119. The first-order chi connectivity index (χ1) is 7.33. The lowest BCUT2D eigenvalue weighted by Gasteiger charge is -2.37. The lowest BCUT2D eigenvalue weighted by Crippen LogP contribution is -2.39. The molecule has 2 nitrogen and oxygen atoms in total. The topological polar surface area (TPSA) is 20.3 Å². The molecule has 86 valence electrons. The van der Waals surface area contributed by atoms with E-state index in [4.69, 9.17) is 0 Å². The van der Waals surface area contributed by atoms with E-state index in [1.54, 1.807) is 4.90 Å². The summed E-state index contributed by atoms with van der Waals surface area (Å²) in [6.07, 6.45) is 0.596. The summed E-state index contributed by atoms with van der Waals surface area (Å²) in [5.41, 5.74) is 4.87. The average molecular weight is 217 g/mol. The van der Waals surface area contributed by atoms with E-state index in [1.807, 2.05) is 7.05 Å². The minimum Gasteiger partial charge on any atom is -0.315 e. The SMILES string of the molecule is Cc1cc2c(cc1C)C(C)(C)CC(=O)N2C. The summed E-state index contributed by atoms with van der Waals surface area (Å²) in [6, 6.07) is 4.36. The van der Waals surface area contributed by atoms with E-state index in [0.717, 1.165) is 5.69 Å². The smallest absolute Gasteiger partial charge is 0.227 e. The van der Waals surface area contributed by atoms with Crippen molar-refractivity contribution in [3.63, 3.8) is 0 Å². The van der Waals surface area contributed by atoms with E-state index < -0.39 is 0 Å². The van der Waals surface area contributed by atoms with Gasteiger partial charge in [-0.25, -0.2) is 0 Å². The van der Waals surface area contributed by atoms with Gasteiger partial charge in [-0.2, -0.15) is 0 Å². The van der Waals surface area contributed by atoms with Crippen molar-refractivity contribution in [2.45, 2.75) is 39.5 Å². The maximum absolute atomic E-state index is 11.9. The molecule has 0 atom stereocenters. The van der Waals surface area contributed by atoms with Crippen molar-refractivity contribution >= 4 is 11.6 Å². The van der Waals surface area contributed by atoms with Gasteiger partial charge in [-0.1, -0.05) is 19.9 Å². The zero-order chi connectivity index (χ0) is 12.1. The van der Waals surface area contributed by atoms with Crippen LogP contribution in [0.2, 0.25) is 0 Å². The Morgan fingerprint density at radius 3 is 2.38 bits per heavy atom. The number of benzene rings is 1. The molecule has 0 bridgehead atoms. The molecule has 1 heterocycles. The van der Waals surface area contributed by atoms with Gasteiger partial charge in [0.15, 0.2) is 0 Å². The first-order valence-electron chi connectivity index (χ1n) is 5.71. The number of anilines is 1. The number of fused-ring (bicyclic) bond motifs is 1. The molecule has 0 unspecified atom stereocenters. The number of hydrogen-bond donors (Lipinski definition) is 0. The summed E-state index contributed by atoms with van der Waals surface area (Å²) in [4.78, 5) is 13.7. The van der Waals surface area contributed by atoms with Crippen LogP contribution in [0.15, 0.2) is 12.1 Å². The Morgan fingerprint density at radius 2 is 1.75 bits per heavy atom. The third kappa shape index (κ3) is 1.53. The van der Waals surface area contributed by atoms with Crippen molar-refractivity contribution in [3.8, 4) is 0 Å². The maximum atomic E-state index is 11.9. The fourth-order valence-electron chi connectivity index (χ4n) is 2.35. The Balaban J connectivity index is 2.69. The zero-order valence-corrected chi connectivity index (χ0v) is 10.7. The van der Waals surface area contributed by atoms with E-state index in [-0.39, 0.29) is 11.3 Å². The number of rotatable bonds is 0. The number of carbonyl (C=O) groups is 1. The molecule has 0 saturated heterocycles. The first-order valence-corrected chi connectivity index (χ1v) is 5.71. The molecule has 1 amide bonds. The second-order valence-corrected chi connectivity index (χ2v) is 5.47. The van der Waals surface area contributed by atoms with Gasteiger partial charge < -0.3 is 4.90 Å². The second-order valence-electron chi connectivity index (χ2n) is 5.47. The zero-order valence-electron chi connectivity index (χ0n) is 10.7. The quantitative estimate of drug-likeness (QED) is 0.654. The van der Waals surface area contributed by atoms with Crippen LogP contribution in [0, 0.1) is 13.8 Å². The number of aryl methyl sites for hydroxylation is 2. The van der Waals surface area contributed by atoms with Gasteiger partial charge in [0.25, 0.3) is 0 Å². The Bertz CT molecular complexity index is 460. The first kappa shape index (κ1) is 11.2. The Hall–Kier alpha value is -1.31. The largest absolute Gasteiger partial charge is 0.315 e. The fraction of sp³-hybridized carbons (Fsp3) is 0.500. The molecule has 16 heavy (non-hydrogen) atoms. The third-order valence-corrected chi connectivity index (χ3v) is 3.67. The number of nitrogens with zero attached hydrogens (tertiary/aromatic N) is 1. The maximum Gasteiger partial charge on any atom is 0.227 e. The van der Waals surface area contributed by atoms with Gasteiger partial charge in [0.1, 0.15) is 0 Å². The Kier molecular flexibility index (Phi) is 2.33. The summed E-state index contributed by atoms with van der Waals surface area (Å²) < 4.78 is 0. The molecule has 1 aliphatic heterocycles. The standard InChI is InChI=1S/C14H19NO/c1-9-6-11-12(7-10(9)2)15(5)13(16)8-14(11,3)4/h6-7H,8H2,1-5H3. The van der Waals surface area contributed by atoms with Gasteiger partial charge in [0.2, 0.25) is 5.91 Å². The van der Waals surface area contributed by atoms with Crippen molar-refractivity contribution in [1.29, 1.82) is 0 Å². The molecule has 1 aliphatic rings. The van der Waals surface area contributed by atoms with E-state index in [9.17, 15) is 4.79 Å². The highest BCUT2D eigenvalue weighted by molar-refractivity contribution is 5.97. The van der Waals surface area contributed by atoms with Gasteiger partial charge in [0.05, 0.1) is 0 Å². The summed E-state index contributed by atoms with van der Waals surface area (Å²) in [7, 11) is 1.87. The molecule has 0 saturated carbocycles. The summed E-state index contributed by atoms with van der Waals surface area (Å²) in [5.74, 6) is 0.209. The molecule has 1 aromatic rings. The average Bonchev–Trinajstić information content (AvgIpc) is 2.17. The van der Waals surface area contributed by atoms with Crippen LogP contribution in [0.3, 0.4) is 0 Å². The molecule has 1 aromatic carbocycles. The minimum atomic E-state index is -0.0443. The lowest BCUT2D eigenvalue weighted by atomic mass is 9.76. The highest BCUT2D eigenvalue weighted by Crippen LogP contribution is 2.40. The van der Waals surface area contributed by atoms with Crippen LogP contribution in [0.5, 0.6) is 0 Å². The van der Waals surface area contributed by atoms with Crippen LogP contribution in [0.25, 0.3) is 0 Å². The molecule has 2 heteroatoms. The van der Waals surface area contributed by atoms with E-state index in [0.29, 0.717) is 6.42 Å². The van der Waals surface area contributed by atoms with Gasteiger partial charge in [0, 0.05) is 24.6 Å². The van der Waals surface area contributed by atoms with Gasteiger partial charge >= 0.3 is 0 Å². The van der Waals surface area contributed by atoms with Crippen LogP contribution in [0.4, 0.5) is 5.69 Å². The molecule has 0 spiro atoms. The van der Waals surface area contributed by atoms with Crippen LogP contribution >= 0.6 is 0 Å². The summed E-state index contributed by atoms with van der Waals surface area (Å²) >= 11 is 0. The molecular formula is C14H19NO. The molecule has 0 aromatic heterocycles. The van der Waals surface area contributed by atoms with Crippen LogP contribution in [0.1, 0.15) is 37.0 Å². The van der Waals surface area contributed by atoms with Crippen molar-refractivity contribution in [1.82, 2.24) is 0 Å². The van der Waals surface area contributed by atoms with Crippen LogP contribution in [-0.2, 0) is 10.2 Å². The molecule has 0 radical (unpaired) electrons. The van der Waals surface area contributed by atoms with E-state index in [2.05, 4.69) is 39.8 Å². The summed E-state index contributed by atoms with van der Waals surface area (Å²) in [6.45, 7) is 8.51. The predicted molar refractivity (Wildman–Crippen MR) is 67.0 cm³/mol. The highest BCUT2D eigenvalue weighted by Gasteiger charge is 2.35. The number of amides is 1. The summed E-state index contributed by atoms with van der Waals surface area (Å²) in [5, 5.41) is 0. The van der Waals surface area contributed by atoms with E-state index >= 15 is 0 Å². The van der Waals surface area contributed by atoms with Gasteiger partial charge in [-0.15, -0.1) is 0 Å². The molecule has 0 N–H and O–H groups in total. The Labute approximate surface area is 97.3 Å². The van der Waals surface area contributed by atoms with Crippen LogP contribution < -0.4 is 4.90 Å². The van der Waals surface area contributed by atoms with Gasteiger partial charge in [-0.3, -0.25) is 4.79 Å². The normalized spacial score (nSPS) is 18.6. The third-order valence-electron chi connectivity index (χ3n) is 3.67. The monoisotopic (exact) mass is 217 g/mol. The van der Waals surface area contributed by atoms with Gasteiger partial charge in [-0.05, 0) is 36.6 Å². The number of carbonyl (C=O) groups excluding carboxylic acids is 1. The van der Waals surface area contributed by atoms with Crippen LogP contribution in [-0.4, -0.2) is 13.0 Å². The van der Waals surface area contributed by atoms with E-state index in [1.165, 1.54) is 16.7 Å². The highest BCUT2D eigenvalue weighted by atomic mass is 16.2. The van der Waals surface area contributed by atoms with Crippen molar-refractivity contribution < 1.29 is 4.79 Å². The molecular weight excluding hydrogens is 198 g/mol. The minimum absolute atomic E-state index is 0.0443. The molecule has 0 fully saturated rings. The predicted octanol–water partition coefficient (Wildman–Crippen LogP) is 2.95. The second kappa shape index (κ2) is 3.34. The van der Waals surface area contributed by atoms with Crippen molar-refractivity contribution in [2.24, 2.45) is 0 Å². The molecule has 0 aliphatic carbocycles. The molecule has 2 rings (SSSR count). The van der Waals surface area contributed by atoms with Crippen molar-refractivity contribution in [2.75, 3.05) is 11.9 Å². The van der Waals surface area contributed by atoms with Crippen molar-refractivity contribution in [3.05, 3.63) is 28.8 Å². The Morgan fingerprint density at radius 1 is 1.19 bits per heavy atom.